The first-order valence-electron chi connectivity index (χ1n) is 8.88. The lowest BCUT2D eigenvalue weighted by Gasteiger charge is -2.32. The van der Waals surface area contributed by atoms with Crippen molar-refractivity contribution in [3.05, 3.63) is 50.9 Å². The van der Waals surface area contributed by atoms with Crippen molar-refractivity contribution in [3.8, 4) is 5.75 Å². The van der Waals surface area contributed by atoms with Gasteiger partial charge >= 0.3 is 0 Å². The van der Waals surface area contributed by atoms with Gasteiger partial charge in [-0.3, -0.25) is 9.69 Å². The third kappa shape index (κ3) is 4.65. The Morgan fingerprint density at radius 1 is 1.27 bits per heavy atom. The van der Waals surface area contributed by atoms with Gasteiger partial charge in [0, 0.05) is 20.1 Å². The SMILES string of the molecule is COc1ccc(CN2CCC(CNc3cnn(C)c(=O)c3Br)CC2)cc1. The smallest absolute Gasteiger partial charge is 0.282 e. The number of rotatable bonds is 6. The molecule has 0 radical (unpaired) electrons. The van der Waals surface area contributed by atoms with E-state index in [1.807, 2.05) is 12.1 Å². The number of benzene rings is 1. The fraction of sp³-hybridized carbons (Fsp3) is 0.474. The molecule has 7 heteroatoms. The number of methoxy groups -OCH3 is 1. The molecule has 0 atom stereocenters. The number of aryl methyl sites for hydroxylation is 1. The average Bonchev–Trinajstić information content (AvgIpc) is 2.67. The van der Waals surface area contributed by atoms with Crippen molar-refractivity contribution in [2.75, 3.05) is 32.1 Å². The van der Waals surface area contributed by atoms with Crippen molar-refractivity contribution in [2.45, 2.75) is 19.4 Å². The van der Waals surface area contributed by atoms with Crippen LogP contribution in [-0.4, -0.2) is 41.4 Å². The zero-order valence-corrected chi connectivity index (χ0v) is 16.8. The monoisotopic (exact) mass is 420 g/mol. The minimum Gasteiger partial charge on any atom is -0.497 e. The minimum atomic E-state index is -0.121. The summed E-state index contributed by atoms with van der Waals surface area (Å²) in [7, 11) is 3.34. The highest BCUT2D eigenvalue weighted by Gasteiger charge is 2.19. The Balaban J connectivity index is 1.46. The van der Waals surface area contributed by atoms with Crippen molar-refractivity contribution in [3.63, 3.8) is 0 Å². The number of hydrogen-bond donors (Lipinski definition) is 1. The lowest BCUT2D eigenvalue weighted by molar-refractivity contribution is 0.182. The molecule has 3 rings (SSSR count). The van der Waals surface area contributed by atoms with E-state index in [-0.39, 0.29) is 5.56 Å². The van der Waals surface area contributed by atoms with Crippen LogP contribution < -0.4 is 15.6 Å². The summed E-state index contributed by atoms with van der Waals surface area (Å²) in [5.74, 6) is 1.51. The van der Waals surface area contributed by atoms with Crippen LogP contribution in [0.1, 0.15) is 18.4 Å². The summed E-state index contributed by atoms with van der Waals surface area (Å²) in [6.07, 6.45) is 4.00. The van der Waals surface area contributed by atoms with Gasteiger partial charge in [-0.15, -0.1) is 0 Å². The van der Waals surface area contributed by atoms with Crippen LogP contribution in [-0.2, 0) is 13.6 Å². The predicted molar refractivity (Wildman–Crippen MR) is 107 cm³/mol. The van der Waals surface area contributed by atoms with Gasteiger partial charge in [0.1, 0.15) is 10.2 Å². The number of nitrogens with one attached hydrogen (secondary N) is 1. The van der Waals surface area contributed by atoms with E-state index in [2.05, 4.69) is 43.4 Å². The molecule has 1 fully saturated rings. The van der Waals surface area contributed by atoms with E-state index in [1.165, 1.54) is 10.2 Å². The quantitative estimate of drug-likeness (QED) is 0.778. The molecule has 0 spiro atoms. The van der Waals surface area contributed by atoms with Crippen LogP contribution in [0.25, 0.3) is 0 Å². The molecule has 0 aliphatic carbocycles. The lowest BCUT2D eigenvalue weighted by Crippen LogP contribution is -2.35. The van der Waals surface area contributed by atoms with E-state index < -0.39 is 0 Å². The van der Waals surface area contributed by atoms with Gasteiger partial charge in [0.15, 0.2) is 0 Å². The summed E-state index contributed by atoms with van der Waals surface area (Å²) in [6.45, 7) is 4.03. The highest BCUT2D eigenvalue weighted by atomic mass is 79.9. The van der Waals surface area contributed by atoms with E-state index >= 15 is 0 Å². The summed E-state index contributed by atoms with van der Waals surface area (Å²) in [5, 5.41) is 7.44. The Morgan fingerprint density at radius 2 is 1.96 bits per heavy atom. The maximum absolute atomic E-state index is 11.9. The highest BCUT2D eigenvalue weighted by Crippen LogP contribution is 2.22. The first-order valence-corrected chi connectivity index (χ1v) is 9.67. The van der Waals surface area contributed by atoms with Crippen molar-refractivity contribution in [1.82, 2.24) is 14.7 Å². The van der Waals surface area contributed by atoms with Crippen LogP contribution in [0.15, 0.2) is 39.7 Å². The zero-order valence-electron chi connectivity index (χ0n) is 15.2. The van der Waals surface area contributed by atoms with Gasteiger partial charge in [0.25, 0.3) is 5.56 Å². The summed E-state index contributed by atoms with van der Waals surface area (Å²) in [4.78, 5) is 14.4. The molecular weight excluding hydrogens is 396 g/mol. The molecule has 26 heavy (non-hydrogen) atoms. The number of aromatic nitrogens is 2. The number of hydrogen-bond acceptors (Lipinski definition) is 5. The summed E-state index contributed by atoms with van der Waals surface area (Å²) in [6, 6.07) is 8.30. The third-order valence-electron chi connectivity index (χ3n) is 4.93. The van der Waals surface area contributed by atoms with Gasteiger partial charge in [-0.2, -0.15) is 5.10 Å². The molecule has 0 bridgehead atoms. The predicted octanol–water partition coefficient (Wildman–Crippen LogP) is 2.88. The minimum absolute atomic E-state index is 0.121. The Kier molecular flexibility index (Phi) is 6.32. The Hall–Kier alpha value is -1.86. The molecular formula is C19H25BrN4O2. The molecule has 1 N–H and O–H groups in total. The van der Waals surface area contributed by atoms with Crippen molar-refractivity contribution in [2.24, 2.45) is 13.0 Å². The summed E-state index contributed by atoms with van der Waals surface area (Å²) in [5.41, 5.74) is 1.97. The first-order chi connectivity index (χ1) is 12.6. The first kappa shape index (κ1) is 18.9. The molecule has 0 unspecified atom stereocenters. The maximum atomic E-state index is 11.9. The molecule has 1 aromatic heterocycles. The molecule has 2 heterocycles. The fourth-order valence-electron chi connectivity index (χ4n) is 3.23. The number of likely N-dealkylation sites (tertiary alicyclic amines) is 1. The van der Waals surface area contributed by atoms with Crippen molar-refractivity contribution >= 4 is 21.6 Å². The van der Waals surface area contributed by atoms with Gasteiger partial charge in [-0.25, -0.2) is 4.68 Å². The summed E-state index contributed by atoms with van der Waals surface area (Å²) >= 11 is 3.36. The molecule has 0 amide bonds. The van der Waals surface area contributed by atoms with Crippen molar-refractivity contribution < 1.29 is 4.74 Å². The Morgan fingerprint density at radius 3 is 2.62 bits per heavy atom. The molecule has 1 saturated heterocycles. The average molecular weight is 421 g/mol. The lowest BCUT2D eigenvalue weighted by atomic mass is 9.96. The molecule has 0 saturated carbocycles. The second-order valence-electron chi connectivity index (χ2n) is 6.75. The number of anilines is 1. The van der Waals surface area contributed by atoms with Crippen LogP contribution in [0.3, 0.4) is 0 Å². The van der Waals surface area contributed by atoms with Crippen LogP contribution >= 0.6 is 15.9 Å². The second-order valence-corrected chi connectivity index (χ2v) is 7.54. The normalized spacial score (nSPS) is 15.8. The molecule has 140 valence electrons. The van der Waals surface area contributed by atoms with E-state index in [1.54, 1.807) is 20.4 Å². The summed E-state index contributed by atoms with van der Waals surface area (Å²) < 4.78 is 7.08. The van der Waals surface area contributed by atoms with Crippen LogP contribution in [0.5, 0.6) is 5.75 Å². The number of piperidine rings is 1. The van der Waals surface area contributed by atoms with Gasteiger partial charge in [0.05, 0.1) is 19.0 Å². The number of halogens is 1. The highest BCUT2D eigenvalue weighted by molar-refractivity contribution is 9.10. The topological polar surface area (TPSA) is 59.4 Å². The van der Waals surface area contributed by atoms with Crippen LogP contribution in [0.2, 0.25) is 0 Å². The van der Waals surface area contributed by atoms with E-state index in [4.69, 9.17) is 4.74 Å². The standard InChI is InChI=1S/C19H25BrN4O2/c1-23-19(25)18(20)17(12-22-23)21-11-14-7-9-24(10-8-14)13-15-3-5-16(26-2)6-4-15/h3-6,12,14,21H,7-11,13H2,1-2H3. The van der Waals surface area contributed by atoms with Crippen molar-refractivity contribution in [1.29, 1.82) is 0 Å². The molecule has 1 aromatic carbocycles. The van der Waals surface area contributed by atoms with Crippen LogP contribution in [0, 0.1) is 5.92 Å². The largest absolute Gasteiger partial charge is 0.497 e. The molecule has 1 aliphatic heterocycles. The maximum Gasteiger partial charge on any atom is 0.282 e. The molecule has 2 aromatic rings. The van der Waals surface area contributed by atoms with Gasteiger partial charge < -0.3 is 10.1 Å². The number of nitrogens with zero attached hydrogens (tertiary/aromatic N) is 3. The van der Waals surface area contributed by atoms with Gasteiger partial charge in [-0.1, -0.05) is 12.1 Å². The Labute approximate surface area is 162 Å². The third-order valence-corrected chi connectivity index (χ3v) is 5.70. The van der Waals surface area contributed by atoms with E-state index in [9.17, 15) is 4.79 Å². The van der Waals surface area contributed by atoms with Crippen LogP contribution in [0.4, 0.5) is 5.69 Å². The van der Waals surface area contributed by atoms with Gasteiger partial charge in [-0.05, 0) is 65.5 Å². The molecule has 6 nitrogen and oxygen atoms in total. The zero-order chi connectivity index (χ0) is 18.5. The Bertz CT molecular complexity index is 783. The van der Waals surface area contributed by atoms with Gasteiger partial charge in [0.2, 0.25) is 0 Å². The molecule has 1 aliphatic rings. The number of ether oxygens (including phenoxy) is 1. The van der Waals surface area contributed by atoms with E-state index in [0.717, 1.165) is 50.5 Å². The second kappa shape index (κ2) is 8.68. The fourth-order valence-corrected chi connectivity index (χ4v) is 3.73. The van der Waals surface area contributed by atoms with E-state index in [0.29, 0.717) is 10.4 Å².